The van der Waals surface area contributed by atoms with Crippen molar-refractivity contribution in [2.75, 3.05) is 0 Å². The molecule has 1 aromatic heterocycles. The zero-order valence-electron chi connectivity index (χ0n) is 11.4. The minimum absolute atomic E-state index is 0.0575. The van der Waals surface area contributed by atoms with E-state index in [0.29, 0.717) is 5.75 Å². The fourth-order valence-corrected chi connectivity index (χ4v) is 1.93. The summed E-state index contributed by atoms with van der Waals surface area (Å²) in [6.07, 6.45) is 1.74. The second-order valence-electron chi connectivity index (χ2n) is 5.65. The van der Waals surface area contributed by atoms with Gasteiger partial charge in [-0.3, -0.25) is 4.98 Å². The number of hydrogen-bond donors (Lipinski definition) is 1. The van der Waals surface area contributed by atoms with Crippen molar-refractivity contribution in [2.45, 2.75) is 33.1 Å². The van der Waals surface area contributed by atoms with Crippen LogP contribution in [0.15, 0.2) is 36.5 Å². The maximum absolute atomic E-state index is 10.2. The second kappa shape index (κ2) is 4.45. The minimum atomic E-state index is 0.0575. The van der Waals surface area contributed by atoms with Crippen LogP contribution in [0.2, 0.25) is 0 Å². The first-order chi connectivity index (χ1) is 8.39. The Morgan fingerprint density at radius 1 is 1.11 bits per heavy atom. The number of aromatic hydroxyl groups is 1. The third-order valence-corrected chi connectivity index (χ3v) is 3.11. The van der Waals surface area contributed by atoms with Gasteiger partial charge in [0.1, 0.15) is 5.75 Å². The number of benzene rings is 1. The molecule has 0 bridgehead atoms. The van der Waals surface area contributed by atoms with Crippen LogP contribution in [-0.4, -0.2) is 10.1 Å². The summed E-state index contributed by atoms with van der Waals surface area (Å²) in [7, 11) is 0. The van der Waals surface area contributed by atoms with Crippen molar-refractivity contribution in [3.05, 3.63) is 47.7 Å². The molecule has 94 valence electrons. The predicted octanol–water partition coefficient (Wildman–Crippen LogP) is 4.06. The maximum atomic E-state index is 10.2. The molecule has 0 saturated carbocycles. The summed E-state index contributed by atoms with van der Waals surface area (Å²) in [4.78, 5) is 4.31. The molecule has 2 nitrogen and oxygen atoms in total. The van der Waals surface area contributed by atoms with Crippen LogP contribution in [-0.2, 0) is 5.41 Å². The molecule has 0 aliphatic carbocycles. The van der Waals surface area contributed by atoms with E-state index in [1.165, 1.54) is 5.56 Å². The highest BCUT2D eigenvalue weighted by atomic mass is 16.3. The Morgan fingerprint density at radius 3 is 2.39 bits per heavy atom. The topological polar surface area (TPSA) is 33.1 Å². The highest BCUT2D eigenvalue weighted by Crippen LogP contribution is 2.35. The zero-order chi connectivity index (χ0) is 13.3. The lowest BCUT2D eigenvalue weighted by Crippen LogP contribution is -2.11. The summed E-state index contributed by atoms with van der Waals surface area (Å²) in [5, 5.41) is 10.2. The highest BCUT2D eigenvalue weighted by molar-refractivity contribution is 5.70. The van der Waals surface area contributed by atoms with E-state index in [9.17, 15) is 5.11 Å². The molecule has 2 heteroatoms. The largest absolute Gasteiger partial charge is 0.507 e. The molecule has 2 aromatic rings. The van der Waals surface area contributed by atoms with E-state index in [1.54, 1.807) is 6.20 Å². The van der Waals surface area contributed by atoms with E-state index < -0.39 is 0 Å². The van der Waals surface area contributed by atoms with E-state index in [4.69, 9.17) is 0 Å². The quantitative estimate of drug-likeness (QED) is 0.816. The van der Waals surface area contributed by atoms with Crippen molar-refractivity contribution in [1.29, 1.82) is 0 Å². The summed E-state index contributed by atoms with van der Waals surface area (Å²) in [5.41, 5.74) is 3.77. The molecule has 1 heterocycles. The van der Waals surface area contributed by atoms with Gasteiger partial charge in [0, 0.05) is 11.8 Å². The first-order valence-electron chi connectivity index (χ1n) is 6.15. The van der Waals surface area contributed by atoms with E-state index in [2.05, 4.69) is 25.8 Å². The normalized spacial score (nSPS) is 11.6. The Balaban J connectivity index is 2.64. The molecule has 0 unspecified atom stereocenters. The summed E-state index contributed by atoms with van der Waals surface area (Å²) in [6, 6.07) is 9.80. The van der Waals surface area contributed by atoms with Gasteiger partial charge in [-0.25, -0.2) is 0 Å². The van der Waals surface area contributed by atoms with Crippen LogP contribution in [0.3, 0.4) is 0 Å². The van der Waals surface area contributed by atoms with Gasteiger partial charge in [-0.15, -0.1) is 0 Å². The van der Waals surface area contributed by atoms with Gasteiger partial charge in [0.05, 0.1) is 5.69 Å². The molecule has 0 aliphatic heterocycles. The number of aryl methyl sites for hydroxylation is 1. The third-order valence-electron chi connectivity index (χ3n) is 3.11. The molecule has 1 aromatic carbocycles. The Hall–Kier alpha value is -1.83. The van der Waals surface area contributed by atoms with Crippen LogP contribution in [0.1, 0.15) is 31.9 Å². The van der Waals surface area contributed by atoms with Gasteiger partial charge in [-0.05, 0) is 41.7 Å². The van der Waals surface area contributed by atoms with Crippen molar-refractivity contribution in [2.24, 2.45) is 0 Å². The number of pyridine rings is 1. The lowest BCUT2D eigenvalue weighted by atomic mass is 9.84. The van der Waals surface area contributed by atoms with E-state index in [0.717, 1.165) is 16.8 Å². The number of phenols is 1. The van der Waals surface area contributed by atoms with E-state index in [1.807, 2.05) is 37.3 Å². The first-order valence-corrected chi connectivity index (χ1v) is 6.15. The fourth-order valence-electron chi connectivity index (χ4n) is 1.93. The molecule has 2 rings (SSSR count). The molecule has 0 amide bonds. The van der Waals surface area contributed by atoms with Crippen molar-refractivity contribution in [3.8, 4) is 17.0 Å². The molecule has 1 N–H and O–H groups in total. The van der Waals surface area contributed by atoms with Gasteiger partial charge in [0.2, 0.25) is 0 Å². The number of rotatable bonds is 1. The molecule has 0 atom stereocenters. The molecule has 0 radical (unpaired) electrons. The van der Waals surface area contributed by atoms with Crippen molar-refractivity contribution in [3.63, 3.8) is 0 Å². The lowest BCUT2D eigenvalue weighted by molar-refractivity contribution is 0.471. The minimum Gasteiger partial charge on any atom is -0.507 e. The highest BCUT2D eigenvalue weighted by Gasteiger charge is 2.18. The van der Waals surface area contributed by atoms with Gasteiger partial charge in [-0.2, -0.15) is 0 Å². The van der Waals surface area contributed by atoms with Crippen LogP contribution in [0.25, 0.3) is 11.3 Å². The van der Waals surface area contributed by atoms with Gasteiger partial charge in [0.25, 0.3) is 0 Å². The first kappa shape index (κ1) is 12.6. The summed E-state index contributed by atoms with van der Waals surface area (Å²) >= 11 is 0. The molecular weight excluding hydrogens is 222 g/mol. The predicted molar refractivity (Wildman–Crippen MR) is 74.8 cm³/mol. The molecular formula is C16H19NO. The summed E-state index contributed by atoms with van der Waals surface area (Å²) < 4.78 is 0. The lowest BCUT2D eigenvalue weighted by Gasteiger charge is -2.21. The monoisotopic (exact) mass is 241 g/mol. The van der Waals surface area contributed by atoms with Gasteiger partial charge < -0.3 is 5.11 Å². The van der Waals surface area contributed by atoms with Gasteiger partial charge in [0.15, 0.2) is 0 Å². The molecule has 18 heavy (non-hydrogen) atoms. The Bertz CT molecular complexity index is 553. The molecule has 0 spiro atoms. The smallest absolute Gasteiger partial charge is 0.127 e. The average molecular weight is 241 g/mol. The van der Waals surface area contributed by atoms with Crippen LogP contribution >= 0.6 is 0 Å². The molecule has 0 saturated heterocycles. The summed E-state index contributed by atoms with van der Waals surface area (Å²) in [5.74, 6) is 0.321. The number of phenolic OH excluding ortho intramolecular Hbond substituents is 1. The number of hydrogen-bond acceptors (Lipinski definition) is 2. The SMILES string of the molecule is Cc1cc(C(C)(C)C)cc(-c2ccccn2)c1O. The zero-order valence-corrected chi connectivity index (χ0v) is 11.4. The Morgan fingerprint density at radius 2 is 1.83 bits per heavy atom. The van der Waals surface area contributed by atoms with Gasteiger partial charge >= 0.3 is 0 Å². The fraction of sp³-hybridized carbons (Fsp3) is 0.312. The molecule has 0 aliphatic rings. The van der Waals surface area contributed by atoms with Crippen molar-refractivity contribution < 1.29 is 5.11 Å². The van der Waals surface area contributed by atoms with Crippen LogP contribution in [0.5, 0.6) is 5.75 Å². The number of aromatic nitrogens is 1. The van der Waals surface area contributed by atoms with Crippen molar-refractivity contribution in [1.82, 2.24) is 4.98 Å². The average Bonchev–Trinajstić information content (AvgIpc) is 2.32. The maximum Gasteiger partial charge on any atom is 0.127 e. The van der Waals surface area contributed by atoms with Crippen LogP contribution < -0.4 is 0 Å². The Kier molecular flexibility index (Phi) is 3.12. The standard InChI is InChI=1S/C16H19NO/c1-11-9-12(16(2,3)4)10-13(15(11)18)14-7-5-6-8-17-14/h5-10,18H,1-4H3. The van der Waals surface area contributed by atoms with Gasteiger partial charge in [-0.1, -0.05) is 32.9 Å². The Labute approximate surface area is 108 Å². The van der Waals surface area contributed by atoms with Crippen LogP contribution in [0, 0.1) is 6.92 Å². The molecule has 0 fully saturated rings. The van der Waals surface area contributed by atoms with E-state index >= 15 is 0 Å². The van der Waals surface area contributed by atoms with Crippen LogP contribution in [0.4, 0.5) is 0 Å². The number of nitrogens with zero attached hydrogens (tertiary/aromatic N) is 1. The van der Waals surface area contributed by atoms with Crippen molar-refractivity contribution >= 4 is 0 Å². The second-order valence-corrected chi connectivity index (χ2v) is 5.65. The third kappa shape index (κ3) is 2.37. The van der Waals surface area contributed by atoms with E-state index in [-0.39, 0.29) is 5.41 Å². The summed E-state index contributed by atoms with van der Waals surface area (Å²) in [6.45, 7) is 8.43.